The number of fused-ring (bicyclic) bond motifs is 1. The van der Waals surface area contributed by atoms with Gasteiger partial charge in [-0.1, -0.05) is 23.7 Å². The fourth-order valence-corrected chi connectivity index (χ4v) is 3.41. The third-order valence-electron chi connectivity index (χ3n) is 4.08. The van der Waals surface area contributed by atoms with Gasteiger partial charge in [-0.15, -0.1) is 0 Å². The molecule has 0 bridgehead atoms. The average molecular weight is 436 g/mol. The van der Waals surface area contributed by atoms with Gasteiger partial charge in [-0.3, -0.25) is 20.4 Å². The van der Waals surface area contributed by atoms with Crippen molar-refractivity contribution in [2.24, 2.45) is 0 Å². The predicted octanol–water partition coefficient (Wildman–Crippen LogP) is 4.47. The maximum Gasteiger partial charge on any atom is 0.270 e. The molecule has 0 saturated heterocycles. The number of nitrogens with one attached hydrogen (secondary N) is 2. The molecule has 2 amide bonds. The van der Waals surface area contributed by atoms with Crippen molar-refractivity contribution < 1.29 is 14.0 Å². The number of furan rings is 1. The monoisotopic (exact) mass is 434 g/mol. The molecule has 0 aliphatic heterocycles. The first-order chi connectivity index (χ1) is 12.4. The zero-order valence-electron chi connectivity index (χ0n) is 14.2. The SMILES string of the molecule is Cc1cc2occ(CC(=O)NNC(=O)c3ccccc3Br)c2c(C)c1Cl. The van der Waals surface area contributed by atoms with Crippen molar-refractivity contribution in [1.29, 1.82) is 0 Å². The van der Waals surface area contributed by atoms with E-state index in [9.17, 15) is 9.59 Å². The number of hydrogen-bond donors (Lipinski definition) is 2. The van der Waals surface area contributed by atoms with Crippen LogP contribution < -0.4 is 10.9 Å². The Balaban J connectivity index is 1.71. The predicted molar refractivity (Wildman–Crippen MR) is 104 cm³/mol. The lowest BCUT2D eigenvalue weighted by molar-refractivity contribution is -0.121. The molecule has 0 fully saturated rings. The van der Waals surface area contributed by atoms with Gasteiger partial charge in [0, 0.05) is 20.4 Å². The van der Waals surface area contributed by atoms with E-state index in [0.717, 1.165) is 16.5 Å². The normalized spacial score (nSPS) is 10.8. The molecule has 3 aromatic rings. The van der Waals surface area contributed by atoms with Gasteiger partial charge in [0.05, 0.1) is 18.2 Å². The summed E-state index contributed by atoms with van der Waals surface area (Å²) >= 11 is 9.61. The van der Waals surface area contributed by atoms with Crippen molar-refractivity contribution in [1.82, 2.24) is 10.9 Å². The molecule has 26 heavy (non-hydrogen) atoms. The molecule has 0 spiro atoms. The highest BCUT2D eigenvalue weighted by Gasteiger charge is 2.16. The summed E-state index contributed by atoms with van der Waals surface area (Å²) < 4.78 is 6.19. The molecule has 5 nitrogen and oxygen atoms in total. The van der Waals surface area contributed by atoms with Crippen LogP contribution in [-0.2, 0) is 11.2 Å². The van der Waals surface area contributed by atoms with Crippen molar-refractivity contribution in [2.75, 3.05) is 0 Å². The van der Waals surface area contributed by atoms with E-state index >= 15 is 0 Å². The van der Waals surface area contributed by atoms with Gasteiger partial charge in [0.1, 0.15) is 5.58 Å². The van der Waals surface area contributed by atoms with Crippen molar-refractivity contribution >= 4 is 50.3 Å². The van der Waals surface area contributed by atoms with Crippen molar-refractivity contribution in [3.63, 3.8) is 0 Å². The fraction of sp³-hybridized carbons (Fsp3) is 0.158. The van der Waals surface area contributed by atoms with Crippen LogP contribution in [0.4, 0.5) is 0 Å². The summed E-state index contributed by atoms with van der Waals surface area (Å²) in [5, 5.41) is 1.48. The highest BCUT2D eigenvalue weighted by atomic mass is 79.9. The average Bonchev–Trinajstić information content (AvgIpc) is 3.00. The lowest BCUT2D eigenvalue weighted by atomic mass is 10.0. The number of halogens is 2. The zero-order chi connectivity index (χ0) is 18.8. The van der Waals surface area contributed by atoms with Crippen molar-refractivity contribution in [3.05, 3.63) is 68.3 Å². The van der Waals surface area contributed by atoms with Gasteiger partial charge in [0.2, 0.25) is 5.91 Å². The first-order valence-electron chi connectivity index (χ1n) is 7.88. The summed E-state index contributed by atoms with van der Waals surface area (Å²) in [7, 11) is 0. The van der Waals surface area contributed by atoms with E-state index in [1.54, 1.807) is 30.5 Å². The molecule has 7 heteroatoms. The number of carbonyl (C=O) groups is 2. The molecular formula is C19H16BrClN2O3. The van der Waals surface area contributed by atoms with Crippen LogP contribution in [0.2, 0.25) is 5.02 Å². The molecule has 0 aliphatic rings. The molecule has 0 atom stereocenters. The minimum absolute atomic E-state index is 0.0590. The standard InChI is InChI=1S/C19H16BrClN2O3/c1-10-7-15-17(11(2)18(10)21)12(9-26-15)8-16(24)22-23-19(25)13-5-3-4-6-14(13)20/h3-7,9H,8H2,1-2H3,(H,22,24)(H,23,25). The molecule has 0 saturated carbocycles. The molecule has 3 rings (SSSR count). The summed E-state index contributed by atoms with van der Waals surface area (Å²) in [5.74, 6) is -0.762. The third-order valence-corrected chi connectivity index (χ3v) is 5.35. The molecule has 0 radical (unpaired) electrons. The van der Waals surface area contributed by atoms with Crippen molar-refractivity contribution in [2.45, 2.75) is 20.3 Å². The van der Waals surface area contributed by atoms with Crippen molar-refractivity contribution in [3.8, 4) is 0 Å². The van der Waals surface area contributed by atoms with E-state index in [-0.39, 0.29) is 12.3 Å². The maximum absolute atomic E-state index is 12.2. The first-order valence-corrected chi connectivity index (χ1v) is 9.05. The van der Waals surface area contributed by atoms with E-state index in [1.807, 2.05) is 19.9 Å². The number of hydrazine groups is 1. The van der Waals surface area contributed by atoms with Gasteiger partial charge >= 0.3 is 0 Å². The number of hydrogen-bond acceptors (Lipinski definition) is 3. The Morgan fingerprint density at radius 2 is 1.92 bits per heavy atom. The molecule has 2 aromatic carbocycles. The van der Waals surface area contributed by atoms with Crippen LogP contribution in [0.25, 0.3) is 11.0 Å². The smallest absolute Gasteiger partial charge is 0.270 e. The minimum Gasteiger partial charge on any atom is -0.464 e. The van der Waals surface area contributed by atoms with Crippen LogP contribution in [0.1, 0.15) is 27.0 Å². The molecule has 2 N–H and O–H groups in total. The van der Waals surface area contributed by atoms with Gasteiger partial charge in [-0.2, -0.15) is 0 Å². The summed E-state index contributed by atoms with van der Waals surface area (Å²) in [5.41, 5.74) is 8.45. The molecule has 1 heterocycles. The van der Waals surface area contributed by atoms with E-state index in [2.05, 4.69) is 26.8 Å². The second-order valence-corrected chi connectivity index (χ2v) is 7.16. The summed E-state index contributed by atoms with van der Waals surface area (Å²) in [6.07, 6.45) is 1.60. The van der Waals surface area contributed by atoms with E-state index in [1.165, 1.54) is 0 Å². The highest BCUT2D eigenvalue weighted by molar-refractivity contribution is 9.10. The Morgan fingerprint density at radius 3 is 2.65 bits per heavy atom. The Bertz CT molecular complexity index is 1010. The lowest BCUT2D eigenvalue weighted by Gasteiger charge is -2.09. The second-order valence-electron chi connectivity index (χ2n) is 5.93. The quantitative estimate of drug-likeness (QED) is 0.596. The van der Waals surface area contributed by atoms with Gasteiger partial charge < -0.3 is 4.42 Å². The lowest BCUT2D eigenvalue weighted by Crippen LogP contribution is -2.42. The Kier molecular flexibility index (Phi) is 5.34. The number of rotatable bonds is 3. The number of benzene rings is 2. The maximum atomic E-state index is 12.2. The summed E-state index contributed by atoms with van der Waals surface area (Å²) in [6.45, 7) is 3.80. The molecule has 1 aromatic heterocycles. The Labute approximate surface area is 163 Å². The topological polar surface area (TPSA) is 71.3 Å². The number of aryl methyl sites for hydroxylation is 2. The molecule has 134 valence electrons. The van der Waals surface area contributed by atoms with Crippen LogP contribution in [0.5, 0.6) is 0 Å². The summed E-state index contributed by atoms with van der Waals surface area (Å²) in [4.78, 5) is 24.4. The second kappa shape index (κ2) is 7.51. The third kappa shape index (κ3) is 3.61. The summed E-state index contributed by atoms with van der Waals surface area (Å²) in [6, 6.07) is 8.80. The van der Waals surface area contributed by atoms with Crippen LogP contribution in [-0.4, -0.2) is 11.8 Å². The minimum atomic E-state index is -0.405. The van der Waals surface area contributed by atoms with Crippen LogP contribution in [0, 0.1) is 13.8 Å². The van der Waals surface area contributed by atoms with Gasteiger partial charge in [0.15, 0.2) is 0 Å². The largest absolute Gasteiger partial charge is 0.464 e. The molecule has 0 aliphatic carbocycles. The molecular weight excluding hydrogens is 420 g/mol. The first kappa shape index (κ1) is 18.5. The van der Waals surface area contributed by atoms with Crippen LogP contribution in [0.15, 0.2) is 45.5 Å². The number of amides is 2. The fourth-order valence-electron chi connectivity index (χ4n) is 2.79. The van der Waals surface area contributed by atoms with E-state index in [0.29, 0.717) is 26.2 Å². The van der Waals surface area contributed by atoms with Gasteiger partial charge in [-0.25, -0.2) is 0 Å². The van der Waals surface area contributed by atoms with Gasteiger partial charge in [-0.05, 0) is 59.1 Å². The van der Waals surface area contributed by atoms with Crippen LogP contribution in [0.3, 0.4) is 0 Å². The highest BCUT2D eigenvalue weighted by Crippen LogP contribution is 2.32. The Hall–Kier alpha value is -2.31. The zero-order valence-corrected chi connectivity index (χ0v) is 16.5. The van der Waals surface area contributed by atoms with Gasteiger partial charge in [0.25, 0.3) is 5.91 Å². The molecule has 0 unspecified atom stereocenters. The van der Waals surface area contributed by atoms with Crippen LogP contribution >= 0.6 is 27.5 Å². The Morgan fingerprint density at radius 1 is 1.19 bits per heavy atom. The number of carbonyl (C=O) groups excluding carboxylic acids is 2. The van der Waals surface area contributed by atoms with E-state index < -0.39 is 5.91 Å². The van der Waals surface area contributed by atoms with E-state index in [4.69, 9.17) is 16.0 Å².